The summed E-state index contributed by atoms with van der Waals surface area (Å²) in [4.78, 5) is 0. The first-order valence-electron chi connectivity index (χ1n) is 11.4. The molecular formula is C26H38O4Si. The van der Waals surface area contributed by atoms with Gasteiger partial charge < -0.3 is 18.6 Å². The Morgan fingerprint density at radius 2 is 1.55 bits per heavy atom. The molecule has 1 saturated heterocycles. The number of epoxide rings is 1. The number of hydrogen-bond donors (Lipinski definition) is 0. The zero-order valence-corrected chi connectivity index (χ0v) is 20.5. The van der Waals surface area contributed by atoms with Crippen molar-refractivity contribution in [3.63, 3.8) is 0 Å². The molecule has 170 valence electrons. The Hall–Kier alpha value is -1.50. The first kappa shape index (κ1) is 24.1. The highest BCUT2D eigenvalue weighted by Crippen LogP contribution is 2.36. The van der Waals surface area contributed by atoms with Crippen molar-refractivity contribution in [3.05, 3.63) is 60.7 Å². The molecule has 1 heterocycles. The Balaban J connectivity index is 1.68. The number of methoxy groups -OCH3 is 1. The molecule has 0 aromatic heterocycles. The molecule has 2 atom stereocenters. The molecule has 5 heteroatoms. The predicted octanol–water partition coefficient (Wildman–Crippen LogP) is 4.51. The molecule has 0 radical (unpaired) electrons. The van der Waals surface area contributed by atoms with Crippen LogP contribution in [0.5, 0.6) is 0 Å². The van der Waals surface area contributed by atoms with Gasteiger partial charge in [0.2, 0.25) is 0 Å². The monoisotopic (exact) mass is 442 g/mol. The van der Waals surface area contributed by atoms with E-state index in [-0.39, 0.29) is 11.1 Å². The first-order chi connectivity index (χ1) is 15.0. The molecule has 31 heavy (non-hydrogen) atoms. The largest absolute Gasteiger partial charge is 0.407 e. The zero-order valence-electron chi connectivity index (χ0n) is 19.5. The quantitative estimate of drug-likeness (QED) is 0.198. The molecule has 4 nitrogen and oxygen atoms in total. The highest BCUT2D eigenvalue weighted by Gasteiger charge is 2.49. The van der Waals surface area contributed by atoms with E-state index in [1.807, 2.05) is 0 Å². The third kappa shape index (κ3) is 6.50. The van der Waals surface area contributed by atoms with Crippen LogP contribution in [0.25, 0.3) is 0 Å². The molecule has 0 saturated carbocycles. The van der Waals surface area contributed by atoms with E-state index in [9.17, 15) is 0 Å². The summed E-state index contributed by atoms with van der Waals surface area (Å²) in [6.07, 6.45) is 4.62. The summed E-state index contributed by atoms with van der Waals surface area (Å²) in [5, 5.41) is 2.69. The molecule has 2 aromatic carbocycles. The normalized spacial score (nSPS) is 17.5. The standard InChI is InChI=1S/C26H38O4Si/c1-26(2,3)31(24-14-7-5-8-15-24,25-16-9-6-10-17-25)30-18-12-11-13-22(29-21-27-4)19-23-20-28-23/h5-10,14-17,22-23H,11-13,18-21H2,1-4H3/t22-,23+/m0/s1. The minimum atomic E-state index is -2.43. The lowest BCUT2D eigenvalue weighted by Crippen LogP contribution is -2.66. The van der Waals surface area contributed by atoms with Crippen molar-refractivity contribution >= 4 is 18.7 Å². The Morgan fingerprint density at radius 1 is 0.968 bits per heavy atom. The molecule has 0 aliphatic carbocycles. The smallest absolute Gasteiger partial charge is 0.261 e. The molecule has 0 unspecified atom stereocenters. The van der Waals surface area contributed by atoms with Crippen molar-refractivity contribution in [1.82, 2.24) is 0 Å². The number of ether oxygens (including phenoxy) is 3. The maximum absolute atomic E-state index is 6.97. The van der Waals surface area contributed by atoms with Crippen molar-refractivity contribution in [1.29, 1.82) is 0 Å². The molecule has 1 aliphatic heterocycles. The fourth-order valence-corrected chi connectivity index (χ4v) is 9.00. The zero-order chi connectivity index (χ0) is 22.2. The SMILES string of the molecule is COCO[C@@H](CCCCO[Si](c1ccccc1)(c1ccccc1)C(C)(C)C)C[C@@H]1CO1. The molecule has 0 amide bonds. The summed E-state index contributed by atoms with van der Waals surface area (Å²) in [6.45, 7) is 8.93. The van der Waals surface area contributed by atoms with Gasteiger partial charge >= 0.3 is 0 Å². The van der Waals surface area contributed by atoms with Gasteiger partial charge in [0.15, 0.2) is 0 Å². The van der Waals surface area contributed by atoms with E-state index in [1.165, 1.54) is 10.4 Å². The summed E-state index contributed by atoms with van der Waals surface area (Å²) in [7, 11) is -0.766. The second-order valence-electron chi connectivity index (χ2n) is 9.39. The van der Waals surface area contributed by atoms with Gasteiger partial charge in [-0.1, -0.05) is 81.4 Å². The maximum atomic E-state index is 6.97. The van der Waals surface area contributed by atoms with E-state index in [0.29, 0.717) is 12.9 Å². The van der Waals surface area contributed by atoms with Crippen LogP contribution in [0.3, 0.4) is 0 Å². The summed E-state index contributed by atoms with van der Waals surface area (Å²) in [6, 6.07) is 21.7. The van der Waals surface area contributed by atoms with Crippen LogP contribution in [0.4, 0.5) is 0 Å². The van der Waals surface area contributed by atoms with Crippen LogP contribution in [0.2, 0.25) is 5.04 Å². The van der Waals surface area contributed by atoms with Crippen molar-refractivity contribution < 1.29 is 18.6 Å². The van der Waals surface area contributed by atoms with Gasteiger partial charge in [-0.3, -0.25) is 0 Å². The van der Waals surface area contributed by atoms with Gasteiger partial charge in [0.05, 0.1) is 18.8 Å². The molecule has 1 fully saturated rings. The third-order valence-corrected chi connectivity index (χ3v) is 11.0. The second kappa shape index (κ2) is 11.4. The van der Waals surface area contributed by atoms with E-state index in [2.05, 4.69) is 81.4 Å². The highest BCUT2D eigenvalue weighted by atomic mass is 28.4. The van der Waals surface area contributed by atoms with E-state index in [4.69, 9.17) is 18.6 Å². The third-order valence-electron chi connectivity index (χ3n) is 6.01. The van der Waals surface area contributed by atoms with Crippen LogP contribution >= 0.6 is 0 Å². The van der Waals surface area contributed by atoms with Gasteiger partial charge in [-0.05, 0) is 34.7 Å². The van der Waals surface area contributed by atoms with Crippen molar-refractivity contribution in [2.45, 2.75) is 63.7 Å². The molecule has 0 spiro atoms. The van der Waals surface area contributed by atoms with Gasteiger partial charge in [-0.15, -0.1) is 0 Å². The summed E-state index contributed by atoms with van der Waals surface area (Å²) in [5.74, 6) is 0. The van der Waals surface area contributed by atoms with Crippen LogP contribution < -0.4 is 10.4 Å². The molecule has 3 rings (SSSR count). The van der Waals surface area contributed by atoms with Gasteiger partial charge in [0.1, 0.15) is 6.79 Å². The van der Waals surface area contributed by atoms with Gasteiger partial charge in [-0.25, -0.2) is 0 Å². The number of hydrogen-bond acceptors (Lipinski definition) is 4. The molecule has 0 N–H and O–H groups in total. The van der Waals surface area contributed by atoms with Crippen LogP contribution in [-0.4, -0.2) is 47.6 Å². The van der Waals surface area contributed by atoms with Crippen LogP contribution in [0.1, 0.15) is 46.5 Å². The maximum Gasteiger partial charge on any atom is 0.261 e. The van der Waals surface area contributed by atoms with E-state index >= 15 is 0 Å². The minimum absolute atomic E-state index is 0.0170. The van der Waals surface area contributed by atoms with Crippen molar-refractivity contribution in [3.8, 4) is 0 Å². The lowest BCUT2D eigenvalue weighted by molar-refractivity contribution is -0.0787. The summed E-state index contributed by atoms with van der Waals surface area (Å²) < 4.78 is 23.3. The Kier molecular flexibility index (Phi) is 8.87. The minimum Gasteiger partial charge on any atom is -0.407 e. The molecular weight excluding hydrogens is 404 g/mol. The number of unbranched alkanes of at least 4 members (excludes halogenated alkanes) is 1. The lowest BCUT2D eigenvalue weighted by Gasteiger charge is -2.43. The molecule has 0 bridgehead atoms. The summed E-state index contributed by atoms with van der Waals surface area (Å²) in [5.41, 5.74) is 0. The van der Waals surface area contributed by atoms with Crippen LogP contribution in [0, 0.1) is 0 Å². The van der Waals surface area contributed by atoms with Gasteiger partial charge in [0, 0.05) is 20.1 Å². The van der Waals surface area contributed by atoms with Crippen molar-refractivity contribution in [2.75, 3.05) is 27.1 Å². The fraction of sp³-hybridized carbons (Fsp3) is 0.538. The topological polar surface area (TPSA) is 40.2 Å². The summed E-state index contributed by atoms with van der Waals surface area (Å²) >= 11 is 0. The Morgan fingerprint density at radius 3 is 2.03 bits per heavy atom. The second-order valence-corrected chi connectivity index (χ2v) is 13.7. The van der Waals surface area contributed by atoms with Gasteiger partial charge in [0.25, 0.3) is 8.32 Å². The fourth-order valence-electron chi connectivity index (χ4n) is 4.39. The van der Waals surface area contributed by atoms with Crippen molar-refractivity contribution in [2.24, 2.45) is 0 Å². The highest BCUT2D eigenvalue weighted by molar-refractivity contribution is 6.99. The van der Waals surface area contributed by atoms with E-state index in [0.717, 1.165) is 38.9 Å². The first-order valence-corrected chi connectivity index (χ1v) is 13.4. The Bertz CT molecular complexity index is 716. The molecule has 1 aliphatic rings. The Labute approximate surface area is 189 Å². The number of rotatable bonds is 13. The van der Waals surface area contributed by atoms with E-state index in [1.54, 1.807) is 7.11 Å². The number of benzene rings is 2. The van der Waals surface area contributed by atoms with Crippen LogP contribution in [-0.2, 0) is 18.6 Å². The average molecular weight is 443 g/mol. The van der Waals surface area contributed by atoms with Crippen LogP contribution in [0.15, 0.2) is 60.7 Å². The predicted molar refractivity (Wildman–Crippen MR) is 129 cm³/mol. The average Bonchev–Trinajstić information content (AvgIpc) is 3.59. The molecule has 2 aromatic rings. The van der Waals surface area contributed by atoms with Gasteiger partial charge in [-0.2, -0.15) is 0 Å². The van der Waals surface area contributed by atoms with E-state index < -0.39 is 8.32 Å². The lowest BCUT2D eigenvalue weighted by atomic mass is 10.1.